The molecule has 0 aliphatic carbocycles. The Morgan fingerprint density at radius 2 is 1.83 bits per heavy atom. The van der Waals surface area contributed by atoms with Gasteiger partial charge in [-0.2, -0.15) is 0 Å². The number of aromatic nitrogens is 4. The number of halogens is 3. The third kappa shape index (κ3) is 3.80. The van der Waals surface area contributed by atoms with Gasteiger partial charge in [0.15, 0.2) is 5.82 Å². The van der Waals surface area contributed by atoms with E-state index in [0.717, 1.165) is 15.6 Å². The van der Waals surface area contributed by atoms with Crippen molar-refractivity contribution in [3.05, 3.63) is 56.7 Å². The summed E-state index contributed by atoms with van der Waals surface area (Å²) in [6.07, 6.45) is 0. The van der Waals surface area contributed by atoms with Crippen LogP contribution in [0.5, 0.6) is 0 Å². The highest BCUT2D eigenvalue weighted by Gasteiger charge is 2.14. The molecule has 2 N–H and O–H groups in total. The minimum atomic E-state index is 0.358. The molecule has 0 radical (unpaired) electrons. The van der Waals surface area contributed by atoms with Crippen molar-refractivity contribution < 1.29 is 0 Å². The van der Waals surface area contributed by atoms with Gasteiger partial charge in [-0.3, -0.25) is 0 Å². The van der Waals surface area contributed by atoms with Crippen LogP contribution in [0.3, 0.4) is 0 Å². The first kappa shape index (κ1) is 16.6. The summed E-state index contributed by atoms with van der Waals surface area (Å²) in [6.45, 7) is 0. The lowest BCUT2D eigenvalue weighted by Gasteiger charge is -2.05. The Labute approximate surface area is 155 Å². The van der Waals surface area contributed by atoms with Crippen LogP contribution in [0.1, 0.15) is 5.56 Å². The Hall–Kier alpha value is -1.28. The quantitative estimate of drug-likeness (QED) is 0.377. The van der Waals surface area contributed by atoms with Crippen molar-refractivity contribution in [2.45, 2.75) is 10.9 Å². The van der Waals surface area contributed by atoms with Crippen molar-refractivity contribution in [3.8, 4) is 11.4 Å². The van der Waals surface area contributed by atoms with Gasteiger partial charge in [-0.1, -0.05) is 63.0 Å². The Balaban J connectivity index is 1.81. The number of nitrogen functional groups attached to an aromatic ring is 1. The molecule has 23 heavy (non-hydrogen) atoms. The van der Waals surface area contributed by atoms with Gasteiger partial charge in [0.25, 0.3) is 0 Å². The number of pyridine rings is 1. The van der Waals surface area contributed by atoms with Crippen molar-refractivity contribution in [2.24, 2.45) is 0 Å². The zero-order valence-electron chi connectivity index (χ0n) is 11.6. The van der Waals surface area contributed by atoms with Gasteiger partial charge in [0.05, 0.1) is 0 Å². The molecule has 1 aromatic carbocycles. The Morgan fingerprint density at radius 3 is 2.52 bits per heavy atom. The van der Waals surface area contributed by atoms with Gasteiger partial charge in [-0.05, 0) is 29.8 Å². The molecule has 2 heterocycles. The van der Waals surface area contributed by atoms with Gasteiger partial charge in [0, 0.05) is 15.8 Å². The summed E-state index contributed by atoms with van der Waals surface area (Å²) in [4.78, 5) is 3.92. The van der Waals surface area contributed by atoms with Crippen LogP contribution in [0.15, 0.2) is 46.0 Å². The number of hydrogen-bond donors (Lipinski definition) is 1. The second-order valence-electron chi connectivity index (χ2n) is 4.57. The van der Waals surface area contributed by atoms with Gasteiger partial charge in [0.2, 0.25) is 5.16 Å². The maximum Gasteiger partial charge on any atom is 0.210 e. The molecule has 118 valence electrons. The van der Waals surface area contributed by atoms with Crippen LogP contribution in [0, 0.1) is 0 Å². The monoisotopic (exact) mass is 429 g/mol. The van der Waals surface area contributed by atoms with Crippen LogP contribution in [-0.4, -0.2) is 19.9 Å². The molecule has 0 aliphatic heterocycles. The van der Waals surface area contributed by atoms with E-state index in [1.165, 1.54) is 16.4 Å². The van der Waals surface area contributed by atoms with E-state index in [9.17, 15) is 0 Å². The number of rotatable bonds is 4. The van der Waals surface area contributed by atoms with E-state index in [0.29, 0.717) is 27.0 Å². The predicted octanol–water partition coefficient (Wildman–Crippen LogP) is 4.42. The highest BCUT2D eigenvalue weighted by Crippen LogP contribution is 2.29. The number of benzene rings is 1. The molecule has 0 unspecified atom stereocenters. The molecular weight excluding hydrogens is 421 g/mol. The van der Waals surface area contributed by atoms with Gasteiger partial charge < -0.3 is 5.84 Å². The second kappa shape index (κ2) is 7.09. The fraction of sp³-hybridized carbons (Fsp3) is 0.0714. The average molecular weight is 431 g/mol. The highest BCUT2D eigenvalue weighted by molar-refractivity contribution is 9.10. The predicted molar refractivity (Wildman–Crippen MR) is 97.1 cm³/mol. The lowest BCUT2D eigenvalue weighted by Crippen LogP contribution is -2.11. The van der Waals surface area contributed by atoms with E-state index in [2.05, 4.69) is 31.1 Å². The standard InChI is InChI=1S/C14H10BrCl2N5S/c15-10-4-2-1-3-9(10)13-20-21-14(22(13)18)23-7-8-5-11(16)19-12(17)6-8/h1-6H,7,18H2. The summed E-state index contributed by atoms with van der Waals surface area (Å²) in [5, 5.41) is 9.62. The molecule has 0 fully saturated rings. The van der Waals surface area contributed by atoms with E-state index in [4.69, 9.17) is 29.0 Å². The van der Waals surface area contributed by atoms with Crippen molar-refractivity contribution in [2.75, 3.05) is 5.84 Å². The minimum absolute atomic E-state index is 0.358. The summed E-state index contributed by atoms with van der Waals surface area (Å²) in [5.41, 5.74) is 1.81. The Bertz CT molecular complexity index is 835. The minimum Gasteiger partial charge on any atom is -0.335 e. The van der Waals surface area contributed by atoms with Gasteiger partial charge in [-0.25, -0.2) is 9.66 Å². The summed E-state index contributed by atoms with van der Waals surface area (Å²) >= 11 is 16.7. The smallest absolute Gasteiger partial charge is 0.210 e. The van der Waals surface area contributed by atoms with Gasteiger partial charge in [0.1, 0.15) is 10.3 Å². The molecule has 0 saturated heterocycles. The van der Waals surface area contributed by atoms with Crippen molar-refractivity contribution in [1.29, 1.82) is 0 Å². The van der Waals surface area contributed by atoms with E-state index >= 15 is 0 Å². The van der Waals surface area contributed by atoms with E-state index < -0.39 is 0 Å². The number of nitrogens with two attached hydrogens (primary N) is 1. The number of nitrogens with zero attached hydrogens (tertiary/aromatic N) is 4. The normalized spacial score (nSPS) is 10.9. The largest absolute Gasteiger partial charge is 0.335 e. The van der Waals surface area contributed by atoms with Crippen LogP contribution in [-0.2, 0) is 5.75 Å². The van der Waals surface area contributed by atoms with E-state index in [-0.39, 0.29) is 0 Å². The van der Waals surface area contributed by atoms with E-state index in [1.54, 1.807) is 12.1 Å². The van der Waals surface area contributed by atoms with Crippen LogP contribution >= 0.6 is 50.9 Å². The summed E-state index contributed by atoms with van der Waals surface area (Å²) in [5.74, 6) is 7.31. The molecule has 0 amide bonds. The molecule has 3 aromatic rings. The third-order valence-electron chi connectivity index (χ3n) is 2.97. The number of thioether (sulfide) groups is 1. The first-order chi connectivity index (χ1) is 11.0. The van der Waals surface area contributed by atoms with Crippen LogP contribution in [0.2, 0.25) is 10.3 Å². The first-order valence-electron chi connectivity index (χ1n) is 6.45. The molecule has 0 spiro atoms. The topological polar surface area (TPSA) is 69.6 Å². The number of hydrogen-bond acceptors (Lipinski definition) is 5. The van der Waals surface area contributed by atoms with Crippen LogP contribution in [0.25, 0.3) is 11.4 Å². The van der Waals surface area contributed by atoms with Gasteiger partial charge >= 0.3 is 0 Å². The highest BCUT2D eigenvalue weighted by atomic mass is 79.9. The maximum atomic E-state index is 6.11. The fourth-order valence-corrected chi connectivity index (χ4v) is 3.70. The maximum absolute atomic E-state index is 6.11. The third-order valence-corrected chi connectivity index (χ3v) is 5.06. The zero-order chi connectivity index (χ0) is 16.4. The fourth-order valence-electron chi connectivity index (χ4n) is 1.95. The van der Waals surface area contributed by atoms with Crippen LogP contribution < -0.4 is 5.84 Å². The lowest BCUT2D eigenvalue weighted by atomic mass is 10.2. The van der Waals surface area contributed by atoms with Gasteiger partial charge in [-0.15, -0.1) is 10.2 Å². The van der Waals surface area contributed by atoms with Crippen LogP contribution in [0.4, 0.5) is 0 Å². The summed E-state index contributed by atoms with van der Waals surface area (Å²) < 4.78 is 2.37. The molecule has 0 aliphatic rings. The Morgan fingerprint density at radius 1 is 1.13 bits per heavy atom. The molecule has 2 aromatic heterocycles. The lowest BCUT2D eigenvalue weighted by molar-refractivity contribution is 0.849. The SMILES string of the molecule is Nn1c(SCc2cc(Cl)nc(Cl)c2)nnc1-c1ccccc1Br. The average Bonchev–Trinajstić information content (AvgIpc) is 2.86. The second-order valence-corrected chi connectivity index (χ2v) is 7.14. The Kier molecular flexibility index (Phi) is 5.11. The zero-order valence-corrected chi connectivity index (χ0v) is 15.5. The molecule has 0 bridgehead atoms. The van der Waals surface area contributed by atoms with Crippen molar-refractivity contribution >= 4 is 50.9 Å². The van der Waals surface area contributed by atoms with Crippen molar-refractivity contribution in [3.63, 3.8) is 0 Å². The molecule has 5 nitrogen and oxygen atoms in total. The molecule has 3 rings (SSSR count). The van der Waals surface area contributed by atoms with Crippen molar-refractivity contribution in [1.82, 2.24) is 19.9 Å². The molecular formula is C14H10BrCl2N5S. The molecule has 0 atom stereocenters. The first-order valence-corrected chi connectivity index (χ1v) is 8.98. The summed E-state index contributed by atoms with van der Waals surface area (Å²) in [6, 6.07) is 11.2. The summed E-state index contributed by atoms with van der Waals surface area (Å²) in [7, 11) is 0. The molecule has 0 saturated carbocycles. The van der Waals surface area contributed by atoms with E-state index in [1.807, 2.05) is 24.3 Å². The molecule has 9 heteroatoms.